The second kappa shape index (κ2) is 11.1. The van der Waals surface area contributed by atoms with Gasteiger partial charge >= 0.3 is 0 Å². The Morgan fingerprint density at radius 3 is 2.63 bits per heavy atom. The van der Waals surface area contributed by atoms with Crippen molar-refractivity contribution in [1.82, 2.24) is 24.7 Å². The molecule has 2 N–H and O–H groups in total. The van der Waals surface area contributed by atoms with Gasteiger partial charge < -0.3 is 4.90 Å². The number of fused-ring (bicyclic) bond motifs is 2. The summed E-state index contributed by atoms with van der Waals surface area (Å²) >= 11 is 3.99. The Bertz CT molecular complexity index is 1670. The number of nitrogens with one attached hydrogen (secondary N) is 2. The Balaban J connectivity index is 1.11. The first-order valence-corrected chi connectivity index (χ1v) is 14.2. The van der Waals surface area contributed by atoms with Crippen LogP contribution in [0.5, 0.6) is 0 Å². The third-order valence-corrected chi connectivity index (χ3v) is 8.48. The van der Waals surface area contributed by atoms with Crippen LogP contribution in [0, 0.1) is 5.41 Å². The van der Waals surface area contributed by atoms with Gasteiger partial charge in [0.25, 0.3) is 11.5 Å². The maximum atomic E-state index is 13.0. The number of piperidine rings is 2. The van der Waals surface area contributed by atoms with Gasteiger partial charge in [0, 0.05) is 25.1 Å². The van der Waals surface area contributed by atoms with Crippen LogP contribution in [0.1, 0.15) is 58.6 Å². The number of hydrogen-bond acceptors (Lipinski definition) is 8. The van der Waals surface area contributed by atoms with E-state index >= 15 is 0 Å². The van der Waals surface area contributed by atoms with Crippen molar-refractivity contribution >= 4 is 47.1 Å². The molecule has 0 radical (unpaired) electrons. The Labute approximate surface area is 242 Å². The molecule has 3 amide bonds. The highest BCUT2D eigenvalue weighted by Crippen LogP contribution is 2.34. The molecule has 2 fully saturated rings. The number of carbonyl (C=O) groups excluding carboxylic acids is 3. The van der Waals surface area contributed by atoms with Crippen LogP contribution in [0.3, 0.4) is 0 Å². The van der Waals surface area contributed by atoms with E-state index in [0.717, 1.165) is 37.1 Å². The molecule has 2 aromatic carbocycles. The van der Waals surface area contributed by atoms with E-state index in [1.165, 1.54) is 27.9 Å². The predicted molar refractivity (Wildman–Crippen MR) is 157 cm³/mol. The average molecular weight is 571 g/mol. The first-order chi connectivity index (χ1) is 19.8. The topological polar surface area (TPSA) is 128 Å². The van der Waals surface area contributed by atoms with Crippen LogP contribution in [0.2, 0.25) is 0 Å². The average Bonchev–Trinajstić information content (AvgIpc) is 3.29. The molecule has 1 atom stereocenters. The van der Waals surface area contributed by atoms with Gasteiger partial charge in [-0.15, -0.1) is 0 Å². The minimum absolute atomic E-state index is 0.00600. The van der Waals surface area contributed by atoms with E-state index in [4.69, 9.17) is 5.41 Å². The van der Waals surface area contributed by atoms with Crippen LogP contribution < -0.4 is 10.9 Å². The van der Waals surface area contributed by atoms with E-state index in [2.05, 4.69) is 33.9 Å². The molecule has 11 heteroatoms. The summed E-state index contributed by atoms with van der Waals surface area (Å²) in [5, 5.41) is 12.3. The van der Waals surface area contributed by atoms with E-state index in [1.54, 1.807) is 4.90 Å². The molecule has 0 bridgehead atoms. The SMILES string of the molecule is N=C(/C=C\S)n1cnc2ccc(CN3CCC(c4ccc5c(c4)CN(C4CCC(=O)NC4=O)C5=O)CC3)cc2c1=O. The maximum absolute atomic E-state index is 13.0. The summed E-state index contributed by atoms with van der Waals surface area (Å²) in [5.74, 6) is -0.456. The van der Waals surface area contributed by atoms with Gasteiger partial charge in [-0.2, -0.15) is 12.6 Å². The molecule has 210 valence electrons. The molecule has 0 saturated carbocycles. The summed E-state index contributed by atoms with van der Waals surface area (Å²) in [6.45, 7) is 2.90. The minimum atomic E-state index is -0.606. The Morgan fingerprint density at radius 1 is 1.07 bits per heavy atom. The zero-order chi connectivity index (χ0) is 28.7. The number of aromatic nitrogens is 2. The van der Waals surface area contributed by atoms with Crippen molar-refractivity contribution in [1.29, 1.82) is 5.41 Å². The van der Waals surface area contributed by atoms with E-state index in [9.17, 15) is 19.2 Å². The Hall–Kier alpha value is -4.09. The van der Waals surface area contributed by atoms with E-state index in [0.29, 0.717) is 41.9 Å². The third kappa shape index (κ3) is 5.22. The monoisotopic (exact) mass is 570 g/mol. The quantitative estimate of drug-likeness (QED) is 0.187. The van der Waals surface area contributed by atoms with Crippen molar-refractivity contribution < 1.29 is 14.4 Å². The molecular weight excluding hydrogens is 540 g/mol. The van der Waals surface area contributed by atoms with Crippen molar-refractivity contribution in [3.8, 4) is 0 Å². The molecule has 6 rings (SSSR count). The highest BCUT2D eigenvalue weighted by Gasteiger charge is 2.39. The first kappa shape index (κ1) is 27.1. The highest BCUT2D eigenvalue weighted by molar-refractivity contribution is 7.83. The lowest BCUT2D eigenvalue weighted by molar-refractivity contribution is -0.136. The second-order valence-electron chi connectivity index (χ2n) is 10.8. The van der Waals surface area contributed by atoms with Crippen LogP contribution in [-0.4, -0.2) is 62.0 Å². The summed E-state index contributed by atoms with van der Waals surface area (Å²) in [4.78, 5) is 58.2. The lowest BCUT2D eigenvalue weighted by Crippen LogP contribution is -2.52. The summed E-state index contributed by atoms with van der Waals surface area (Å²) < 4.78 is 1.21. The Morgan fingerprint density at radius 2 is 1.88 bits per heavy atom. The fraction of sp³-hybridized carbons (Fsp3) is 0.333. The third-order valence-electron chi connectivity index (χ3n) is 8.33. The first-order valence-electron chi connectivity index (χ1n) is 13.7. The molecule has 3 aromatic rings. The van der Waals surface area contributed by atoms with Crippen molar-refractivity contribution in [2.45, 2.75) is 50.7 Å². The molecule has 41 heavy (non-hydrogen) atoms. The molecular formula is C30H30N6O4S. The number of likely N-dealkylation sites (tertiary alicyclic amines) is 1. The number of nitrogens with zero attached hydrogens (tertiary/aromatic N) is 4. The predicted octanol–water partition coefficient (Wildman–Crippen LogP) is 2.81. The Kier molecular flexibility index (Phi) is 7.31. The number of imide groups is 1. The van der Waals surface area contributed by atoms with E-state index in [1.807, 2.05) is 30.3 Å². The fourth-order valence-electron chi connectivity index (χ4n) is 6.12. The van der Waals surface area contributed by atoms with E-state index in [-0.39, 0.29) is 29.6 Å². The summed E-state index contributed by atoms with van der Waals surface area (Å²) in [6.07, 6.45) is 5.34. The van der Waals surface area contributed by atoms with Crippen LogP contribution >= 0.6 is 12.6 Å². The molecule has 3 aliphatic rings. The van der Waals surface area contributed by atoms with Gasteiger partial charge in [-0.3, -0.25) is 39.4 Å². The standard InChI is InChI=1S/C30H30N6O4S/c31-26(9-12-41)36-17-32-24-4-1-18(13-23(24)30(36)40)15-34-10-7-19(8-11-34)20-2-3-22-21(14-20)16-35(29(22)39)25-5-6-27(37)33-28(25)38/h1-4,9,12-14,17,19,25,31,41H,5-8,10-11,15-16H2,(H,33,37,38)/b12-9-,31-26?. The molecule has 2 saturated heterocycles. The fourth-order valence-corrected chi connectivity index (χ4v) is 6.26. The van der Waals surface area contributed by atoms with Crippen molar-refractivity contribution in [3.05, 3.63) is 86.8 Å². The summed E-state index contributed by atoms with van der Waals surface area (Å²) in [5.41, 5.74) is 4.12. The highest BCUT2D eigenvalue weighted by atomic mass is 32.1. The van der Waals surface area contributed by atoms with Crippen molar-refractivity contribution in [2.24, 2.45) is 0 Å². The molecule has 3 aliphatic heterocycles. The number of carbonyl (C=O) groups is 3. The number of hydrogen-bond donors (Lipinski definition) is 3. The smallest absolute Gasteiger partial charge is 0.266 e. The molecule has 1 aromatic heterocycles. The van der Waals surface area contributed by atoms with Crippen molar-refractivity contribution in [3.63, 3.8) is 0 Å². The molecule has 1 unspecified atom stereocenters. The van der Waals surface area contributed by atoms with Gasteiger partial charge in [0.1, 0.15) is 18.2 Å². The number of benzene rings is 2. The molecule has 0 spiro atoms. The molecule has 10 nitrogen and oxygen atoms in total. The van der Waals surface area contributed by atoms with Gasteiger partial charge in [-0.1, -0.05) is 18.2 Å². The lowest BCUT2D eigenvalue weighted by atomic mass is 9.87. The zero-order valence-electron chi connectivity index (χ0n) is 22.4. The minimum Gasteiger partial charge on any atom is -0.322 e. The number of thiol groups is 1. The number of rotatable bonds is 5. The number of amides is 3. The largest absolute Gasteiger partial charge is 0.322 e. The second-order valence-corrected chi connectivity index (χ2v) is 11.1. The normalized spacial score (nSPS) is 20.2. The summed E-state index contributed by atoms with van der Waals surface area (Å²) in [7, 11) is 0. The van der Waals surface area contributed by atoms with Gasteiger partial charge in [0.05, 0.1) is 10.9 Å². The summed E-state index contributed by atoms with van der Waals surface area (Å²) in [6, 6.07) is 11.1. The van der Waals surface area contributed by atoms with Gasteiger partial charge in [-0.25, -0.2) is 4.98 Å². The maximum Gasteiger partial charge on any atom is 0.266 e. The number of allylic oxidation sites excluding steroid dienone is 1. The van der Waals surface area contributed by atoms with Gasteiger partial charge in [0.15, 0.2) is 0 Å². The van der Waals surface area contributed by atoms with E-state index < -0.39 is 11.9 Å². The zero-order valence-corrected chi connectivity index (χ0v) is 23.3. The lowest BCUT2D eigenvalue weighted by Gasteiger charge is -2.32. The molecule has 4 heterocycles. The van der Waals surface area contributed by atoms with Crippen LogP contribution in [0.4, 0.5) is 0 Å². The molecule has 0 aliphatic carbocycles. The van der Waals surface area contributed by atoms with Crippen molar-refractivity contribution in [2.75, 3.05) is 13.1 Å². The van der Waals surface area contributed by atoms with Gasteiger partial charge in [0.2, 0.25) is 11.8 Å². The van der Waals surface area contributed by atoms with Crippen LogP contribution in [0.15, 0.2) is 59.0 Å². The van der Waals surface area contributed by atoms with Crippen LogP contribution in [0.25, 0.3) is 10.9 Å². The van der Waals surface area contributed by atoms with Crippen LogP contribution in [-0.2, 0) is 22.7 Å². The van der Waals surface area contributed by atoms with Gasteiger partial charge in [-0.05, 0) is 84.6 Å².